The monoisotopic (exact) mass is 500 g/mol. The van der Waals surface area contributed by atoms with Crippen LogP contribution in [0.2, 0.25) is 0 Å². The number of hydrogen-bond donors (Lipinski definition) is 1. The van der Waals surface area contributed by atoms with Crippen LogP contribution in [0.3, 0.4) is 0 Å². The predicted molar refractivity (Wildman–Crippen MR) is 148 cm³/mol. The van der Waals surface area contributed by atoms with Gasteiger partial charge in [0.15, 0.2) is 5.76 Å². The molecule has 0 radical (unpaired) electrons. The van der Waals surface area contributed by atoms with Gasteiger partial charge in [-0.25, -0.2) is 0 Å². The third-order valence-electron chi connectivity index (χ3n) is 7.57. The molecule has 38 heavy (non-hydrogen) atoms. The van der Waals surface area contributed by atoms with Gasteiger partial charge in [-0.05, 0) is 55.5 Å². The second-order valence-corrected chi connectivity index (χ2v) is 10.2. The lowest BCUT2D eigenvalue weighted by atomic mass is 9.93. The highest BCUT2D eigenvalue weighted by atomic mass is 16.5. The molecular formula is C33H28N2O3. The molecular weight excluding hydrogens is 472 g/mol. The van der Waals surface area contributed by atoms with E-state index in [2.05, 4.69) is 48.5 Å². The van der Waals surface area contributed by atoms with Gasteiger partial charge in [-0.1, -0.05) is 89.6 Å². The van der Waals surface area contributed by atoms with E-state index >= 15 is 0 Å². The van der Waals surface area contributed by atoms with Gasteiger partial charge in [-0.3, -0.25) is 9.78 Å². The first-order valence-electron chi connectivity index (χ1n) is 12.9. The smallest absolute Gasteiger partial charge is 0.314 e. The summed E-state index contributed by atoms with van der Waals surface area (Å²) in [5, 5.41) is 13.8. The van der Waals surface area contributed by atoms with E-state index in [1.54, 1.807) is 0 Å². The van der Waals surface area contributed by atoms with E-state index in [1.165, 1.54) is 5.56 Å². The first kappa shape index (κ1) is 23.9. The fourth-order valence-corrected chi connectivity index (χ4v) is 5.01. The highest BCUT2D eigenvalue weighted by Gasteiger charge is 2.51. The zero-order valence-corrected chi connectivity index (χ0v) is 21.4. The average molecular weight is 501 g/mol. The van der Waals surface area contributed by atoms with Crippen molar-refractivity contribution in [2.75, 3.05) is 0 Å². The molecule has 5 aromatic rings. The number of rotatable bonds is 7. The minimum absolute atomic E-state index is 0.624. The topological polar surface area (TPSA) is 76.2 Å². The molecule has 0 bridgehead atoms. The summed E-state index contributed by atoms with van der Waals surface area (Å²) in [4.78, 5) is 16.5. The number of carboxylic acid groups (broad SMARTS) is 1. The molecule has 188 valence electrons. The number of benzene rings is 3. The van der Waals surface area contributed by atoms with Crippen LogP contribution < -0.4 is 0 Å². The third-order valence-corrected chi connectivity index (χ3v) is 7.57. The molecule has 3 aromatic carbocycles. The van der Waals surface area contributed by atoms with E-state index < -0.39 is 11.4 Å². The number of carbonyl (C=O) groups is 1. The van der Waals surface area contributed by atoms with Crippen LogP contribution >= 0.6 is 0 Å². The number of nitrogens with zero attached hydrogens (tertiary/aromatic N) is 2. The molecule has 1 aliphatic carbocycles. The second-order valence-electron chi connectivity index (χ2n) is 10.2. The van der Waals surface area contributed by atoms with Gasteiger partial charge >= 0.3 is 5.97 Å². The average Bonchev–Trinajstić information content (AvgIpc) is 3.69. The van der Waals surface area contributed by atoms with Crippen molar-refractivity contribution < 1.29 is 14.4 Å². The highest BCUT2D eigenvalue weighted by Crippen LogP contribution is 2.48. The number of carboxylic acids is 1. The maximum absolute atomic E-state index is 11.6. The zero-order chi connectivity index (χ0) is 26.3. The standard InChI is InChI=1S/C33H28N2O3/c1-21-6-8-25(9-7-21)30-5-3-4-28(34-30)20-29-22(2)35-38-31(29)26-12-10-23(11-13-26)24-14-16-27(17-15-24)33(18-19-33)32(36)37/h3-17H,18-20H2,1-2H3,(H,36,37). The Morgan fingerprint density at radius 3 is 2.05 bits per heavy atom. The van der Waals surface area contributed by atoms with Gasteiger partial charge in [-0.2, -0.15) is 0 Å². The summed E-state index contributed by atoms with van der Waals surface area (Å²) >= 11 is 0. The molecule has 0 spiro atoms. The van der Waals surface area contributed by atoms with E-state index in [4.69, 9.17) is 9.51 Å². The third kappa shape index (κ3) is 4.41. The summed E-state index contributed by atoms with van der Waals surface area (Å²) in [5.41, 5.74) is 9.38. The Morgan fingerprint density at radius 1 is 0.816 bits per heavy atom. The van der Waals surface area contributed by atoms with Crippen LogP contribution in [0.15, 0.2) is 95.5 Å². The number of aryl methyl sites for hydroxylation is 2. The van der Waals surface area contributed by atoms with E-state index in [-0.39, 0.29) is 0 Å². The molecule has 0 amide bonds. The fraction of sp³-hybridized carbons (Fsp3) is 0.182. The molecule has 2 heterocycles. The molecule has 1 aliphatic rings. The molecule has 5 heteroatoms. The second kappa shape index (κ2) is 9.42. The Hall–Kier alpha value is -4.51. The number of aliphatic carboxylic acids is 1. The summed E-state index contributed by atoms with van der Waals surface area (Å²) < 4.78 is 5.78. The Morgan fingerprint density at radius 2 is 1.42 bits per heavy atom. The summed E-state index contributed by atoms with van der Waals surface area (Å²) in [7, 11) is 0. The van der Waals surface area contributed by atoms with Crippen molar-refractivity contribution >= 4 is 5.97 Å². The summed E-state index contributed by atoms with van der Waals surface area (Å²) in [6, 6.07) is 30.6. The van der Waals surface area contributed by atoms with E-state index in [1.807, 2.05) is 61.5 Å². The van der Waals surface area contributed by atoms with Gasteiger partial charge in [0, 0.05) is 28.8 Å². The molecule has 1 saturated carbocycles. The van der Waals surface area contributed by atoms with Crippen LogP contribution in [0.1, 0.15) is 40.9 Å². The van der Waals surface area contributed by atoms with Crippen LogP contribution in [0.25, 0.3) is 33.7 Å². The van der Waals surface area contributed by atoms with Crippen LogP contribution in [-0.4, -0.2) is 21.2 Å². The summed E-state index contributed by atoms with van der Waals surface area (Å²) in [6.07, 6.45) is 2.04. The van der Waals surface area contributed by atoms with Crippen LogP contribution in [0.4, 0.5) is 0 Å². The minimum atomic E-state index is -0.732. The lowest BCUT2D eigenvalue weighted by Gasteiger charge is -2.11. The van der Waals surface area contributed by atoms with Crippen LogP contribution in [0.5, 0.6) is 0 Å². The van der Waals surface area contributed by atoms with Crippen molar-refractivity contribution in [1.29, 1.82) is 0 Å². The van der Waals surface area contributed by atoms with Crippen molar-refractivity contribution in [2.45, 2.75) is 38.5 Å². The van der Waals surface area contributed by atoms with Gasteiger partial charge in [0.05, 0.1) is 16.8 Å². The minimum Gasteiger partial charge on any atom is -0.481 e. The molecule has 2 aromatic heterocycles. The fourth-order valence-electron chi connectivity index (χ4n) is 5.01. The SMILES string of the molecule is Cc1ccc(-c2cccc(Cc3c(C)noc3-c3ccc(-c4ccc(C5(C(=O)O)CC5)cc4)cc3)n2)cc1. The van der Waals surface area contributed by atoms with E-state index in [0.717, 1.165) is 56.2 Å². The Bertz CT molecular complexity index is 1610. The van der Waals surface area contributed by atoms with E-state index in [0.29, 0.717) is 19.3 Å². The lowest BCUT2D eigenvalue weighted by Crippen LogP contribution is -2.19. The maximum atomic E-state index is 11.6. The highest BCUT2D eigenvalue weighted by molar-refractivity contribution is 5.85. The van der Waals surface area contributed by atoms with Gasteiger partial charge in [0.2, 0.25) is 0 Å². The van der Waals surface area contributed by atoms with E-state index in [9.17, 15) is 9.90 Å². The predicted octanol–water partition coefficient (Wildman–Crippen LogP) is 7.39. The summed E-state index contributed by atoms with van der Waals surface area (Å²) in [6.45, 7) is 4.04. The number of hydrogen-bond acceptors (Lipinski definition) is 4. The molecule has 0 atom stereocenters. The first-order valence-corrected chi connectivity index (χ1v) is 12.9. The Kier molecular flexibility index (Phi) is 5.91. The van der Waals surface area contributed by atoms with Crippen LogP contribution in [-0.2, 0) is 16.6 Å². The molecule has 1 N–H and O–H groups in total. The molecule has 6 rings (SSSR count). The molecule has 0 saturated heterocycles. The van der Waals surface area contributed by atoms with Gasteiger partial charge < -0.3 is 9.63 Å². The number of pyridine rings is 1. The number of aromatic nitrogens is 2. The lowest BCUT2D eigenvalue weighted by molar-refractivity contribution is -0.140. The van der Waals surface area contributed by atoms with Gasteiger partial charge in [-0.15, -0.1) is 0 Å². The van der Waals surface area contributed by atoms with Crippen molar-refractivity contribution in [3.63, 3.8) is 0 Å². The Balaban J connectivity index is 1.23. The molecule has 5 nitrogen and oxygen atoms in total. The molecule has 0 unspecified atom stereocenters. The zero-order valence-electron chi connectivity index (χ0n) is 21.4. The van der Waals surface area contributed by atoms with Crippen molar-refractivity contribution in [3.8, 4) is 33.7 Å². The quantitative estimate of drug-likeness (QED) is 0.252. The van der Waals surface area contributed by atoms with Crippen molar-refractivity contribution in [3.05, 3.63) is 119 Å². The summed E-state index contributed by atoms with van der Waals surface area (Å²) in [5.74, 6) is 0.0221. The molecule has 1 fully saturated rings. The van der Waals surface area contributed by atoms with Gasteiger partial charge in [0.25, 0.3) is 0 Å². The van der Waals surface area contributed by atoms with Gasteiger partial charge in [0.1, 0.15) is 0 Å². The van der Waals surface area contributed by atoms with Crippen LogP contribution in [0, 0.1) is 13.8 Å². The Labute approximate surface area is 221 Å². The normalized spacial score (nSPS) is 13.8. The maximum Gasteiger partial charge on any atom is 0.314 e. The molecule has 0 aliphatic heterocycles. The van der Waals surface area contributed by atoms with Crippen molar-refractivity contribution in [2.24, 2.45) is 0 Å². The first-order chi connectivity index (χ1) is 18.4. The van der Waals surface area contributed by atoms with Crippen molar-refractivity contribution in [1.82, 2.24) is 10.1 Å². The largest absolute Gasteiger partial charge is 0.481 e.